The number of anilines is 1. The normalized spacial score (nSPS) is 13.5. The summed E-state index contributed by atoms with van der Waals surface area (Å²) in [5.74, 6) is 0. The summed E-state index contributed by atoms with van der Waals surface area (Å²) in [7, 11) is -3.71. The molecule has 17 heavy (non-hydrogen) atoms. The van der Waals surface area contributed by atoms with Crippen LogP contribution >= 0.6 is 39.1 Å². The minimum atomic E-state index is -3.71. The van der Waals surface area contributed by atoms with E-state index < -0.39 is 21.9 Å². The van der Waals surface area contributed by atoms with Crippen molar-refractivity contribution in [3.05, 3.63) is 26.7 Å². The van der Waals surface area contributed by atoms with Crippen molar-refractivity contribution in [3.63, 3.8) is 0 Å². The number of aliphatic hydroxyl groups excluding tert-OH is 1. The summed E-state index contributed by atoms with van der Waals surface area (Å²) < 4.78 is 26.3. The van der Waals surface area contributed by atoms with Gasteiger partial charge in [-0.25, -0.2) is 8.42 Å². The van der Waals surface area contributed by atoms with Crippen LogP contribution in [0.15, 0.2) is 16.6 Å². The molecule has 0 aromatic heterocycles. The molecule has 0 saturated carbocycles. The maximum absolute atomic E-state index is 11.7. The van der Waals surface area contributed by atoms with Crippen molar-refractivity contribution >= 4 is 54.8 Å². The van der Waals surface area contributed by atoms with Gasteiger partial charge in [-0.05, 0) is 19.1 Å². The first-order valence-corrected chi connectivity index (χ1v) is 7.64. The van der Waals surface area contributed by atoms with Gasteiger partial charge >= 0.3 is 0 Å². The van der Waals surface area contributed by atoms with Gasteiger partial charge in [-0.15, -0.1) is 0 Å². The minimum Gasteiger partial charge on any atom is -0.395 e. The van der Waals surface area contributed by atoms with Gasteiger partial charge in [0.25, 0.3) is 0 Å². The Balaban J connectivity index is 3.13. The lowest BCUT2D eigenvalue weighted by Gasteiger charge is -2.14. The third-order valence-electron chi connectivity index (χ3n) is 2.04. The van der Waals surface area contributed by atoms with Crippen LogP contribution in [-0.2, 0) is 10.0 Å². The Morgan fingerprint density at radius 3 is 2.29 bits per heavy atom. The van der Waals surface area contributed by atoms with Crippen molar-refractivity contribution in [1.29, 1.82) is 0 Å². The molecule has 0 amide bonds. The van der Waals surface area contributed by atoms with E-state index in [-0.39, 0.29) is 15.7 Å². The fraction of sp³-hybridized carbons (Fsp3) is 0.333. The highest BCUT2D eigenvalue weighted by Crippen LogP contribution is 2.34. The molecule has 8 heteroatoms. The van der Waals surface area contributed by atoms with E-state index in [1.807, 2.05) is 0 Å². The summed E-state index contributed by atoms with van der Waals surface area (Å²) >= 11 is 15.0. The average molecular weight is 363 g/mol. The van der Waals surface area contributed by atoms with Crippen molar-refractivity contribution in [2.24, 2.45) is 0 Å². The van der Waals surface area contributed by atoms with Gasteiger partial charge < -0.3 is 5.11 Å². The van der Waals surface area contributed by atoms with Gasteiger partial charge in [0.15, 0.2) is 0 Å². The van der Waals surface area contributed by atoms with Gasteiger partial charge in [0.1, 0.15) is 5.25 Å². The molecule has 0 aliphatic rings. The Bertz CT molecular complexity index is 498. The maximum Gasteiger partial charge on any atom is 0.237 e. The predicted octanol–water partition coefficient (Wildman–Crippen LogP) is 2.88. The molecule has 1 unspecified atom stereocenters. The van der Waals surface area contributed by atoms with Gasteiger partial charge in [0, 0.05) is 4.47 Å². The van der Waals surface area contributed by atoms with E-state index in [2.05, 4.69) is 20.7 Å². The van der Waals surface area contributed by atoms with Gasteiger partial charge in [-0.1, -0.05) is 39.1 Å². The third kappa shape index (κ3) is 3.72. The van der Waals surface area contributed by atoms with Crippen LogP contribution in [-0.4, -0.2) is 25.4 Å². The van der Waals surface area contributed by atoms with Gasteiger partial charge in [-0.3, -0.25) is 4.72 Å². The van der Waals surface area contributed by atoms with E-state index in [0.29, 0.717) is 4.47 Å². The average Bonchev–Trinajstić information content (AvgIpc) is 2.22. The number of sulfonamides is 1. The molecule has 0 aliphatic carbocycles. The lowest BCUT2D eigenvalue weighted by Crippen LogP contribution is -2.28. The van der Waals surface area contributed by atoms with Gasteiger partial charge in [-0.2, -0.15) is 0 Å². The number of benzene rings is 1. The molecule has 0 saturated heterocycles. The SMILES string of the molecule is CC(CO)S(=O)(=O)Nc1c(Cl)cc(Br)cc1Cl. The molecule has 0 aliphatic heterocycles. The van der Waals surface area contributed by atoms with Crippen LogP contribution in [0.1, 0.15) is 6.92 Å². The van der Waals surface area contributed by atoms with Gasteiger partial charge in [0.05, 0.1) is 22.3 Å². The summed E-state index contributed by atoms with van der Waals surface area (Å²) in [6, 6.07) is 3.05. The summed E-state index contributed by atoms with van der Waals surface area (Å²) in [6.07, 6.45) is 0. The lowest BCUT2D eigenvalue weighted by atomic mass is 10.3. The smallest absolute Gasteiger partial charge is 0.237 e. The fourth-order valence-corrected chi connectivity index (χ4v) is 3.30. The first-order chi connectivity index (χ1) is 7.77. The molecule has 2 N–H and O–H groups in total. The van der Waals surface area contributed by atoms with Crippen LogP contribution in [0, 0.1) is 0 Å². The molecule has 96 valence electrons. The largest absolute Gasteiger partial charge is 0.395 e. The third-order valence-corrected chi connectivity index (χ3v) is 4.79. The minimum absolute atomic E-state index is 0.108. The van der Waals surface area contributed by atoms with E-state index in [9.17, 15) is 8.42 Å². The summed E-state index contributed by atoms with van der Waals surface area (Å²) in [4.78, 5) is 0. The number of hydrogen-bond donors (Lipinski definition) is 2. The quantitative estimate of drug-likeness (QED) is 0.865. The second kappa shape index (κ2) is 5.75. The molecule has 0 bridgehead atoms. The molecule has 0 spiro atoms. The molecule has 1 atom stereocenters. The van der Waals surface area contributed by atoms with Crippen molar-refractivity contribution in [1.82, 2.24) is 0 Å². The van der Waals surface area contributed by atoms with Crippen LogP contribution < -0.4 is 4.72 Å². The van der Waals surface area contributed by atoms with Crippen molar-refractivity contribution in [2.75, 3.05) is 11.3 Å². The van der Waals surface area contributed by atoms with E-state index in [0.717, 1.165) is 0 Å². The van der Waals surface area contributed by atoms with E-state index in [1.165, 1.54) is 19.1 Å². The zero-order valence-corrected chi connectivity index (χ0v) is 12.7. The molecule has 4 nitrogen and oxygen atoms in total. The van der Waals surface area contributed by atoms with Crippen LogP contribution in [0.25, 0.3) is 0 Å². The highest BCUT2D eigenvalue weighted by molar-refractivity contribution is 9.10. The topological polar surface area (TPSA) is 66.4 Å². The Kier molecular flexibility index (Phi) is 5.09. The monoisotopic (exact) mass is 361 g/mol. The Labute approximate surface area is 118 Å². The van der Waals surface area contributed by atoms with Crippen molar-refractivity contribution in [2.45, 2.75) is 12.2 Å². The zero-order chi connectivity index (χ0) is 13.2. The summed E-state index contributed by atoms with van der Waals surface area (Å²) in [6.45, 7) is 0.893. The van der Waals surface area contributed by atoms with Crippen molar-refractivity contribution in [3.8, 4) is 0 Å². The number of nitrogens with one attached hydrogen (secondary N) is 1. The number of halogens is 3. The second-order valence-electron chi connectivity index (χ2n) is 3.38. The molecule has 0 heterocycles. The first-order valence-electron chi connectivity index (χ1n) is 4.55. The summed E-state index contributed by atoms with van der Waals surface area (Å²) in [5, 5.41) is 8.25. The zero-order valence-electron chi connectivity index (χ0n) is 8.75. The van der Waals surface area contributed by atoms with Crippen LogP contribution in [0.2, 0.25) is 10.0 Å². The number of aliphatic hydroxyl groups is 1. The number of rotatable bonds is 4. The predicted molar refractivity (Wildman–Crippen MR) is 73.3 cm³/mol. The summed E-state index contributed by atoms with van der Waals surface area (Å²) in [5.41, 5.74) is 0.108. The van der Waals surface area contributed by atoms with Crippen molar-refractivity contribution < 1.29 is 13.5 Å². The molecule has 0 fully saturated rings. The molecular weight excluding hydrogens is 353 g/mol. The fourth-order valence-electron chi connectivity index (χ4n) is 0.981. The van der Waals surface area contributed by atoms with Crippen LogP contribution in [0.5, 0.6) is 0 Å². The number of hydrogen-bond acceptors (Lipinski definition) is 3. The lowest BCUT2D eigenvalue weighted by molar-refractivity contribution is 0.296. The molecule has 1 aromatic carbocycles. The Hall–Kier alpha value is -0.0100. The maximum atomic E-state index is 11.7. The molecule has 0 radical (unpaired) electrons. The Morgan fingerprint density at radius 1 is 1.41 bits per heavy atom. The van der Waals surface area contributed by atoms with E-state index in [4.69, 9.17) is 28.3 Å². The molecule has 1 rings (SSSR count). The van der Waals surface area contributed by atoms with Gasteiger partial charge in [0.2, 0.25) is 10.0 Å². The van der Waals surface area contributed by atoms with E-state index in [1.54, 1.807) is 0 Å². The second-order valence-corrected chi connectivity index (χ2v) is 7.21. The van der Waals surface area contributed by atoms with Crippen LogP contribution in [0.4, 0.5) is 5.69 Å². The van der Waals surface area contributed by atoms with Crippen LogP contribution in [0.3, 0.4) is 0 Å². The van der Waals surface area contributed by atoms with E-state index >= 15 is 0 Å². The first kappa shape index (κ1) is 15.0. The Morgan fingerprint density at radius 2 is 1.88 bits per heavy atom. The molecule has 1 aromatic rings. The highest BCUT2D eigenvalue weighted by Gasteiger charge is 2.22. The molecular formula is C9H10BrCl2NO3S. The highest BCUT2D eigenvalue weighted by atomic mass is 79.9. The standard InChI is InChI=1S/C9H10BrCl2NO3S/c1-5(4-14)17(15,16)13-9-7(11)2-6(10)3-8(9)12/h2-3,5,13-14H,4H2,1H3.